The van der Waals surface area contributed by atoms with Crippen LogP contribution in [0.15, 0.2) is 30.3 Å². The van der Waals surface area contributed by atoms with E-state index < -0.39 is 29.2 Å². The van der Waals surface area contributed by atoms with Crippen molar-refractivity contribution in [2.45, 2.75) is 25.3 Å². The van der Waals surface area contributed by atoms with Gasteiger partial charge in [0.1, 0.15) is 11.6 Å². The van der Waals surface area contributed by atoms with Gasteiger partial charge in [0.25, 0.3) is 5.91 Å². The van der Waals surface area contributed by atoms with Crippen LogP contribution in [0.25, 0.3) is 0 Å². The average molecular weight is 395 g/mol. The van der Waals surface area contributed by atoms with Crippen molar-refractivity contribution >= 4 is 29.3 Å². The lowest BCUT2D eigenvalue weighted by molar-refractivity contribution is 0.102. The molecule has 8 heteroatoms. The Balaban J connectivity index is 1.94. The summed E-state index contributed by atoms with van der Waals surface area (Å²) >= 11 is 5.73. The molecule has 3 rings (SSSR count). The molecule has 0 bridgehead atoms. The molecule has 2 aromatic carbocycles. The lowest BCUT2D eigenvalue weighted by atomic mass is 9.92. The fraction of sp³-hybridized carbons (Fsp3) is 0.263. The largest absolute Gasteiger partial charge is 0.453 e. The zero-order valence-corrected chi connectivity index (χ0v) is 15.4. The number of ether oxygens (including phenoxy) is 1. The van der Waals surface area contributed by atoms with Gasteiger partial charge in [-0.3, -0.25) is 4.79 Å². The van der Waals surface area contributed by atoms with Crippen molar-refractivity contribution in [3.05, 3.63) is 63.7 Å². The number of hydrogen-bond acceptors (Lipinski definition) is 3. The summed E-state index contributed by atoms with van der Waals surface area (Å²) < 4.78 is 32.4. The maximum Gasteiger partial charge on any atom is 0.407 e. The van der Waals surface area contributed by atoms with E-state index in [1.54, 1.807) is 6.92 Å². The third-order valence-corrected chi connectivity index (χ3v) is 4.96. The van der Waals surface area contributed by atoms with Gasteiger partial charge < -0.3 is 15.4 Å². The summed E-state index contributed by atoms with van der Waals surface area (Å²) in [5.41, 5.74) is 0.389. The van der Waals surface area contributed by atoms with Gasteiger partial charge in [0.05, 0.1) is 17.7 Å². The first-order chi connectivity index (χ1) is 12.7. The molecule has 1 atom stereocenters. The topological polar surface area (TPSA) is 67.4 Å². The minimum atomic E-state index is -0.984. The van der Waals surface area contributed by atoms with Gasteiger partial charge in [0, 0.05) is 16.8 Å². The molecular weight excluding hydrogens is 378 g/mol. The van der Waals surface area contributed by atoms with E-state index in [9.17, 15) is 18.4 Å². The molecule has 0 aliphatic heterocycles. The van der Waals surface area contributed by atoms with Crippen LogP contribution in [0.2, 0.25) is 5.02 Å². The van der Waals surface area contributed by atoms with E-state index >= 15 is 0 Å². The predicted molar refractivity (Wildman–Crippen MR) is 97.0 cm³/mol. The summed E-state index contributed by atoms with van der Waals surface area (Å²) in [6.07, 6.45) is 0.141. The molecule has 2 aromatic rings. The molecule has 0 radical (unpaired) electrons. The lowest BCUT2D eigenvalue weighted by Gasteiger charge is -2.26. The molecule has 2 N–H and O–H groups in total. The highest BCUT2D eigenvalue weighted by molar-refractivity contribution is 6.31. The van der Waals surface area contributed by atoms with Gasteiger partial charge in [-0.25, -0.2) is 13.6 Å². The number of carbonyl (C=O) groups is 2. The Morgan fingerprint density at radius 1 is 1.19 bits per heavy atom. The molecule has 142 valence electrons. The number of fused-ring (bicyclic) bond motifs is 1. The molecule has 0 saturated heterocycles. The fourth-order valence-electron chi connectivity index (χ4n) is 3.36. The summed E-state index contributed by atoms with van der Waals surface area (Å²) in [7, 11) is 1.22. The van der Waals surface area contributed by atoms with Crippen LogP contribution in [-0.4, -0.2) is 19.1 Å². The number of rotatable bonds is 3. The van der Waals surface area contributed by atoms with E-state index in [1.807, 2.05) is 0 Å². The molecule has 0 saturated carbocycles. The molecule has 0 spiro atoms. The number of halogens is 3. The minimum absolute atomic E-state index is 0.119. The Morgan fingerprint density at radius 3 is 2.56 bits per heavy atom. The van der Waals surface area contributed by atoms with Gasteiger partial charge in [0.15, 0.2) is 0 Å². The van der Waals surface area contributed by atoms with E-state index in [0.29, 0.717) is 24.1 Å². The molecule has 1 aliphatic carbocycles. The van der Waals surface area contributed by atoms with Crippen LogP contribution < -0.4 is 10.6 Å². The van der Waals surface area contributed by atoms with Crippen LogP contribution in [0.3, 0.4) is 0 Å². The molecule has 5 nitrogen and oxygen atoms in total. The van der Waals surface area contributed by atoms with Gasteiger partial charge in [0.2, 0.25) is 0 Å². The number of nitrogens with one attached hydrogen (secondary N) is 2. The number of amides is 2. The number of carbonyl (C=O) groups excluding carboxylic acids is 2. The molecule has 1 aliphatic rings. The average Bonchev–Trinajstić information content (AvgIpc) is 2.96. The van der Waals surface area contributed by atoms with Gasteiger partial charge in [-0.05, 0) is 55.7 Å². The van der Waals surface area contributed by atoms with Crippen molar-refractivity contribution in [2.24, 2.45) is 0 Å². The SMILES string of the molecule is COC(=O)NC1(C)CCc2c(C(=O)Nc3ccc(F)c(Cl)c3)ccc(F)c21. The third kappa shape index (κ3) is 3.60. The first-order valence-corrected chi connectivity index (χ1v) is 8.57. The van der Waals surface area contributed by atoms with E-state index in [4.69, 9.17) is 11.6 Å². The van der Waals surface area contributed by atoms with E-state index in [-0.39, 0.29) is 16.1 Å². The van der Waals surface area contributed by atoms with E-state index in [2.05, 4.69) is 15.4 Å². The zero-order valence-electron chi connectivity index (χ0n) is 14.7. The van der Waals surface area contributed by atoms with Crippen LogP contribution in [0.1, 0.15) is 34.8 Å². The van der Waals surface area contributed by atoms with Crippen LogP contribution in [-0.2, 0) is 16.7 Å². The highest BCUT2D eigenvalue weighted by Gasteiger charge is 2.40. The van der Waals surface area contributed by atoms with Gasteiger partial charge in [-0.15, -0.1) is 0 Å². The Kier molecular flexibility index (Phi) is 5.06. The Hall–Kier alpha value is -2.67. The molecule has 0 heterocycles. The van der Waals surface area contributed by atoms with Crippen LogP contribution >= 0.6 is 11.6 Å². The highest BCUT2D eigenvalue weighted by Crippen LogP contribution is 2.40. The number of hydrogen-bond donors (Lipinski definition) is 2. The van der Waals surface area contributed by atoms with E-state index in [1.165, 1.54) is 31.4 Å². The second kappa shape index (κ2) is 7.15. The normalized spacial score (nSPS) is 18.0. The Labute approximate surface area is 159 Å². The maximum absolute atomic E-state index is 14.5. The standard InChI is InChI=1S/C19H17ClF2N2O3/c1-19(24-18(26)27-2)8-7-11-12(4-6-15(22)16(11)19)17(25)23-10-3-5-14(21)13(20)9-10/h3-6,9H,7-8H2,1-2H3,(H,23,25)(H,24,26). The van der Waals surface area contributed by atoms with Crippen molar-refractivity contribution in [1.82, 2.24) is 5.32 Å². The maximum atomic E-state index is 14.5. The predicted octanol–water partition coefficient (Wildman–Crippen LogP) is 4.39. The fourth-order valence-corrected chi connectivity index (χ4v) is 3.54. The summed E-state index contributed by atoms with van der Waals surface area (Å²) in [5, 5.41) is 5.15. The summed E-state index contributed by atoms with van der Waals surface area (Å²) in [6.45, 7) is 1.68. The molecule has 27 heavy (non-hydrogen) atoms. The summed E-state index contributed by atoms with van der Waals surface area (Å²) in [6, 6.07) is 6.39. The molecule has 1 unspecified atom stereocenters. The van der Waals surface area contributed by atoms with Gasteiger partial charge in [-0.1, -0.05) is 11.6 Å². The first-order valence-electron chi connectivity index (χ1n) is 8.19. The van der Waals surface area contributed by atoms with Crippen molar-refractivity contribution in [3.8, 4) is 0 Å². The minimum Gasteiger partial charge on any atom is -0.453 e. The van der Waals surface area contributed by atoms with E-state index in [0.717, 1.165) is 6.07 Å². The molecular formula is C19H17ClF2N2O3. The quantitative estimate of drug-likeness (QED) is 0.811. The number of benzene rings is 2. The smallest absolute Gasteiger partial charge is 0.407 e. The molecule has 2 amide bonds. The Bertz CT molecular complexity index is 935. The second-order valence-corrected chi connectivity index (χ2v) is 6.89. The van der Waals surface area contributed by atoms with Gasteiger partial charge in [-0.2, -0.15) is 0 Å². The Morgan fingerprint density at radius 2 is 1.89 bits per heavy atom. The third-order valence-electron chi connectivity index (χ3n) is 4.67. The van der Waals surface area contributed by atoms with Crippen LogP contribution in [0.4, 0.5) is 19.3 Å². The second-order valence-electron chi connectivity index (χ2n) is 6.48. The monoisotopic (exact) mass is 394 g/mol. The van der Waals surface area contributed by atoms with Crippen molar-refractivity contribution in [1.29, 1.82) is 0 Å². The number of methoxy groups -OCH3 is 1. The highest BCUT2D eigenvalue weighted by atomic mass is 35.5. The summed E-state index contributed by atoms with van der Waals surface area (Å²) in [4.78, 5) is 24.3. The summed E-state index contributed by atoms with van der Waals surface area (Å²) in [5.74, 6) is -1.58. The zero-order chi connectivity index (χ0) is 19.8. The van der Waals surface area contributed by atoms with Gasteiger partial charge >= 0.3 is 6.09 Å². The number of anilines is 1. The molecule has 0 fully saturated rings. The van der Waals surface area contributed by atoms with Crippen molar-refractivity contribution < 1.29 is 23.1 Å². The van der Waals surface area contributed by atoms with Crippen molar-refractivity contribution in [2.75, 3.05) is 12.4 Å². The first kappa shape index (κ1) is 19.1. The molecule has 0 aromatic heterocycles. The van der Waals surface area contributed by atoms with Crippen molar-refractivity contribution in [3.63, 3.8) is 0 Å². The van der Waals surface area contributed by atoms with Crippen LogP contribution in [0.5, 0.6) is 0 Å². The van der Waals surface area contributed by atoms with Crippen LogP contribution in [0, 0.1) is 11.6 Å². The lowest BCUT2D eigenvalue weighted by Crippen LogP contribution is -2.42. The number of alkyl carbamates (subject to hydrolysis) is 1.